The van der Waals surface area contributed by atoms with E-state index in [1.165, 1.54) is 26.4 Å². The van der Waals surface area contributed by atoms with Crippen molar-refractivity contribution in [1.29, 1.82) is 0 Å². The lowest BCUT2D eigenvalue weighted by Gasteiger charge is -2.24. The maximum atomic E-state index is 11.8. The summed E-state index contributed by atoms with van der Waals surface area (Å²) in [4.78, 5) is 16.3. The SMILES string of the molecule is COC(=O)/C=C(\c1cnc2ccccc2c1)C1CCCCC1. The van der Waals surface area contributed by atoms with Crippen molar-refractivity contribution in [2.75, 3.05) is 7.11 Å². The van der Waals surface area contributed by atoms with E-state index in [0.29, 0.717) is 5.92 Å². The Labute approximate surface area is 131 Å². The van der Waals surface area contributed by atoms with E-state index in [4.69, 9.17) is 4.74 Å². The monoisotopic (exact) mass is 295 g/mol. The Bertz CT molecular complexity index is 699. The number of rotatable bonds is 3. The molecule has 0 aliphatic heterocycles. The molecule has 1 fully saturated rings. The third kappa shape index (κ3) is 3.19. The van der Waals surface area contributed by atoms with Crippen LogP contribution in [0.15, 0.2) is 42.6 Å². The fourth-order valence-electron chi connectivity index (χ4n) is 3.27. The van der Waals surface area contributed by atoms with Gasteiger partial charge >= 0.3 is 5.97 Å². The lowest BCUT2D eigenvalue weighted by molar-refractivity contribution is -0.134. The smallest absolute Gasteiger partial charge is 0.330 e. The molecule has 3 nitrogen and oxygen atoms in total. The second-order valence-corrected chi connectivity index (χ2v) is 5.87. The molecule has 1 heterocycles. The molecule has 2 aromatic rings. The predicted molar refractivity (Wildman–Crippen MR) is 88.3 cm³/mol. The quantitative estimate of drug-likeness (QED) is 0.623. The number of nitrogens with zero attached hydrogens (tertiary/aromatic N) is 1. The maximum Gasteiger partial charge on any atom is 0.330 e. The standard InChI is InChI=1S/C19H21NO2/c1-22-19(21)12-17(14-7-3-2-4-8-14)16-11-15-9-5-6-10-18(15)20-13-16/h5-6,9-14H,2-4,7-8H2,1H3/b17-12-. The first-order chi connectivity index (χ1) is 10.8. The van der Waals surface area contributed by atoms with Gasteiger partial charge in [-0.1, -0.05) is 37.5 Å². The summed E-state index contributed by atoms with van der Waals surface area (Å²) < 4.78 is 4.84. The lowest BCUT2D eigenvalue weighted by Crippen LogP contribution is -2.11. The molecule has 1 aliphatic carbocycles. The van der Waals surface area contributed by atoms with Crippen molar-refractivity contribution >= 4 is 22.4 Å². The van der Waals surface area contributed by atoms with Crippen LogP contribution in [-0.4, -0.2) is 18.1 Å². The molecule has 1 aromatic heterocycles. The zero-order valence-corrected chi connectivity index (χ0v) is 12.9. The average Bonchev–Trinajstić information content (AvgIpc) is 2.59. The number of benzene rings is 1. The van der Waals surface area contributed by atoms with Crippen molar-refractivity contribution in [2.45, 2.75) is 32.1 Å². The molecule has 0 spiro atoms. The number of pyridine rings is 1. The van der Waals surface area contributed by atoms with Crippen LogP contribution in [0.4, 0.5) is 0 Å². The molecule has 0 radical (unpaired) electrons. The van der Waals surface area contributed by atoms with Crippen molar-refractivity contribution in [3.8, 4) is 0 Å². The van der Waals surface area contributed by atoms with Gasteiger partial charge in [0.1, 0.15) is 0 Å². The summed E-state index contributed by atoms with van der Waals surface area (Å²) in [7, 11) is 1.43. The van der Waals surface area contributed by atoms with E-state index in [9.17, 15) is 4.79 Å². The van der Waals surface area contributed by atoms with Crippen LogP contribution >= 0.6 is 0 Å². The first-order valence-electron chi connectivity index (χ1n) is 7.92. The Hall–Kier alpha value is -2.16. The van der Waals surface area contributed by atoms with Crippen LogP contribution < -0.4 is 0 Å². The molecular weight excluding hydrogens is 274 g/mol. The van der Waals surface area contributed by atoms with Crippen LogP contribution in [0.2, 0.25) is 0 Å². The van der Waals surface area contributed by atoms with Crippen molar-refractivity contribution in [1.82, 2.24) is 4.98 Å². The number of para-hydroxylation sites is 1. The Balaban J connectivity index is 2.02. The largest absolute Gasteiger partial charge is 0.466 e. The first kappa shape index (κ1) is 14.8. The van der Waals surface area contributed by atoms with E-state index < -0.39 is 0 Å². The number of hydrogen-bond acceptors (Lipinski definition) is 3. The van der Waals surface area contributed by atoms with Crippen LogP contribution in [0.1, 0.15) is 37.7 Å². The number of hydrogen-bond donors (Lipinski definition) is 0. The number of carbonyl (C=O) groups is 1. The number of allylic oxidation sites excluding steroid dienone is 1. The third-order valence-electron chi connectivity index (χ3n) is 4.44. The molecule has 1 aromatic carbocycles. The van der Waals surface area contributed by atoms with Crippen LogP contribution in [0.3, 0.4) is 0 Å². The average molecular weight is 295 g/mol. The van der Waals surface area contributed by atoms with E-state index in [-0.39, 0.29) is 5.97 Å². The van der Waals surface area contributed by atoms with Crippen LogP contribution in [0.5, 0.6) is 0 Å². The summed E-state index contributed by atoms with van der Waals surface area (Å²) >= 11 is 0. The minimum atomic E-state index is -0.284. The van der Waals surface area contributed by atoms with Gasteiger partial charge in [0.05, 0.1) is 12.6 Å². The minimum absolute atomic E-state index is 0.284. The second-order valence-electron chi connectivity index (χ2n) is 5.87. The predicted octanol–water partition coefficient (Wildman–Crippen LogP) is 4.37. The molecule has 22 heavy (non-hydrogen) atoms. The van der Waals surface area contributed by atoms with E-state index in [2.05, 4.69) is 17.1 Å². The van der Waals surface area contributed by atoms with Crippen molar-refractivity contribution in [2.24, 2.45) is 5.92 Å². The van der Waals surface area contributed by atoms with Crippen LogP contribution in [0, 0.1) is 5.92 Å². The normalized spacial score (nSPS) is 16.7. The number of ether oxygens (including phenoxy) is 1. The highest BCUT2D eigenvalue weighted by Crippen LogP contribution is 2.35. The van der Waals surface area contributed by atoms with Gasteiger partial charge in [-0.25, -0.2) is 4.79 Å². The molecule has 0 N–H and O–H groups in total. The zero-order chi connectivity index (χ0) is 15.4. The second kappa shape index (κ2) is 6.73. The van der Waals surface area contributed by atoms with Crippen LogP contribution in [0.25, 0.3) is 16.5 Å². The topological polar surface area (TPSA) is 39.2 Å². The highest BCUT2D eigenvalue weighted by atomic mass is 16.5. The molecule has 3 heteroatoms. The fraction of sp³-hybridized carbons (Fsp3) is 0.368. The van der Waals surface area contributed by atoms with Gasteiger partial charge in [0.25, 0.3) is 0 Å². The van der Waals surface area contributed by atoms with Gasteiger partial charge in [0, 0.05) is 17.7 Å². The van der Waals surface area contributed by atoms with Crippen molar-refractivity contribution in [3.05, 3.63) is 48.2 Å². The molecule has 114 valence electrons. The van der Waals surface area contributed by atoms with Gasteiger partial charge in [-0.15, -0.1) is 0 Å². The van der Waals surface area contributed by atoms with Gasteiger partial charge in [0.15, 0.2) is 0 Å². The third-order valence-corrected chi connectivity index (χ3v) is 4.44. The number of fused-ring (bicyclic) bond motifs is 1. The van der Waals surface area contributed by atoms with Gasteiger partial charge in [-0.05, 0) is 42.0 Å². The van der Waals surface area contributed by atoms with Gasteiger partial charge < -0.3 is 4.74 Å². The maximum absolute atomic E-state index is 11.8. The molecule has 1 aliphatic rings. The van der Waals surface area contributed by atoms with Crippen molar-refractivity contribution < 1.29 is 9.53 Å². The van der Waals surface area contributed by atoms with E-state index in [0.717, 1.165) is 34.9 Å². The highest BCUT2D eigenvalue weighted by molar-refractivity contribution is 5.93. The minimum Gasteiger partial charge on any atom is -0.466 e. The van der Waals surface area contributed by atoms with Gasteiger partial charge in [0.2, 0.25) is 0 Å². The summed E-state index contributed by atoms with van der Waals surface area (Å²) in [6.45, 7) is 0. The number of aromatic nitrogens is 1. The van der Waals surface area contributed by atoms with Crippen molar-refractivity contribution in [3.63, 3.8) is 0 Å². The summed E-state index contributed by atoms with van der Waals surface area (Å²) in [5.74, 6) is 0.143. The molecule has 0 bridgehead atoms. The molecule has 1 saturated carbocycles. The summed E-state index contributed by atoms with van der Waals surface area (Å²) in [6.07, 6.45) is 9.55. The van der Waals surface area contributed by atoms with E-state index in [1.807, 2.05) is 24.4 Å². The molecule has 0 amide bonds. The molecule has 0 atom stereocenters. The number of methoxy groups -OCH3 is 1. The first-order valence-corrected chi connectivity index (χ1v) is 7.92. The molecule has 0 unspecified atom stereocenters. The van der Waals surface area contributed by atoms with E-state index >= 15 is 0 Å². The Morgan fingerprint density at radius 1 is 1.23 bits per heavy atom. The molecular formula is C19H21NO2. The van der Waals surface area contributed by atoms with Gasteiger partial charge in [-0.2, -0.15) is 0 Å². The summed E-state index contributed by atoms with van der Waals surface area (Å²) in [5.41, 5.74) is 3.09. The Kier molecular flexibility index (Phi) is 4.52. The Morgan fingerprint density at radius 3 is 2.77 bits per heavy atom. The molecule has 0 saturated heterocycles. The number of esters is 1. The molecule has 3 rings (SSSR count). The zero-order valence-electron chi connectivity index (χ0n) is 12.9. The lowest BCUT2D eigenvalue weighted by atomic mass is 9.81. The Morgan fingerprint density at radius 2 is 2.00 bits per heavy atom. The number of carbonyl (C=O) groups excluding carboxylic acids is 1. The highest BCUT2D eigenvalue weighted by Gasteiger charge is 2.20. The summed E-state index contributed by atoms with van der Waals surface area (Å²) in [5, 5.41) is 1.10. The summed E-state index contributed by atoms with van der Waals surface area (Å²) in [6, 6.07) is 10.2. The van der Waals surface area contributed by atoms with E-state index in [1.54, 1.807) is 6.08 Å². The fourth-order valence-corrected chi connectivity index (χ4v) is 3.27. The van der Waals surface area contributed by atoms with Crippen LogP contribution in [-0.2, 0) is 9.53 Å². The van der Waals surface area contributed by atoms with Gasteiger partial charge in [-0.3, -0.25) is 4.98 Å².